The molecule has 8 heteroatoms. The van der Waals surface area contributed by atoms with E-state index in [0.29, 0.717) is 5.41 Å². The minimum absolute atomic E-state index is 0.228. The van der Waals surface area contributed by atoms with Gasteiger partial charge >= 0.3 is 6.09 Å². The fourth-order valence-electron chi connectivity index (χ4n) is 5.07. The molecule has 0 radical (unpaired) electrons. The van der Waals surface area contributed by atoms with Gasteiger partial charge in [0.25, 0.3) is 0 Å². The van der Waals surface area contributed by atoms with Crippen LogP contribution in [0.2, 0.25) is 0 Å². The predicted octanol–water partition coefficient (Wildman–Crippen LogP) is 4.29. The molecule has 168 valence electrons. The van der Waals surface area contributed by atoms with E-state index < -0.39 is 0 Å². The highest BCUT2D eigenvalue weighted by atomic mass is 16.5. The lowest BCUT2D eigenvalue weighted by Gasteiger charge is -2.52. The Kier molecular flexibility index (Phi) is 5.66. The molecule has 2 aromatic rings. The number of methoxy groups -OCH3 is 1. The van der Waals surface area contributed by atoms with E-state index in [0.717, 1.165) is 78.7 Å². The van der Waals surface area contributed by atoms with Crippen LogP contribution in [0.5, 0.6) is 0 Å². The standard InChI is InChI=1S/C23H33N5O3/c1-13(2)20-25-19(18-15(4)27-31-16(18)5)14(3)21(26-20)28-9-7-23(8-10-28)11-17(12-23)24-22(29)30-6/h13,17H,7-12H2,1-6H3,(H,24,29). The van der Waals surface area contributed by atoms with Crippen LogP contribution in [0.25, 0.3) is 11.3 Å². The van der Waals surface area contributed by atoms with Gasteiger partial charge in [-0.25, -0.2) is 14.8 Å². The van der Waals surface area contributed by atoms with Gasteiger partial charge in [-0.3, -0.25) is 0 Å². The Morgan fingerprint density at radius 1 is 1.19 bits per heavy atom. The van der Waals surface area contributed by atoms with Crippen LogP contribution in [0.1, 0.15) is 68.3 Å². The molecule has 31 heavy (non-hydrogen) atoms. The molecule has 1 amide bonds. The number of anilines is 1. The number of ether oxygens (including phenoxy) is 1. The number of piperidine rings is 1. The monoisotopic (exact) mass is 427 g/mol. The largest absolute Gasteiger partial charge is 0.453 e. The van der Waals surface area contributed by atoms with Crippen molar-refractivity contribution < 1.29 is 14.1 Å². The van der Waals surface area contributed by atoms with Gasteiger partial charge in [-0.15, -0.1) is 0 Å². The number of carbonyl (C=O) groups is 1. The summed E-state index contributed by atoms with van der Waals surface area (Å²) in [5.41, 5.74) is 4.17. The van der Waals surface area contributed by atoms with Crippen LogP contribution in [0.15, 0.2) is 4.52 Å². The van der Waals surface area contributed by atoms with Crippen molar-refractivity contribution in [2.24, 2.45) is 5.41 Å². The van der Waals surface area contributed by atoms with E-state index in [4.69, 9.17) is 19.2 Å². The number of hydrogen-bond donors (Lipinski definition) is 1. The summed E-state index contributed by atoms with van der Waals surface area (Å²) in [5, 5.41) is 7.07. The van der Waals surface area contributed by atoms with Crippen molar-refractivity contribution >= 4 is 11.9 Å². The summed E-state index contributed by atoms with van der Waals surface area (Å²) in [7, 11) is 1.41. The molecular weight excluding hydrogens is 394 g/mol. The molecule has 3 heterocycles. The second-order valence-electron chi connectivity index (χ2n) is 9.46. The maximum atomic E-state index is 11.5. The third-order valence-electron chi connectivity index (χ3n) is 6.91. The van der Waals surface area contributed by atoms with Crippen LogP contribution >= 0.6 is 0 Å². The highest BCUT2D eigenvalue weighted by molar-refractivity contribution is 5.72. The summed E-state index contributed by atoms with van der Waals surface area (Å²) in [6.45, 7) is 12.2. The number of aryl methyl sites for hydroxylation is 2. The molecule has 2 fully saturated rings. The molecule has 0 aromatic carbocycles. The summed E-state index contributed by atoms with van der Waals surface area (Å²) in [4.78, 5) is 23.7. The van der Waals surface area contributed by atoms with E-state index >= 15 is 0 Å². The third-order valence-corrected chi connectivity index (χ3v) is 6.91. The van der Waals surface area contributed by atoms with Crippen LogP contribution in [-0.4, -0.2) is 47.5 Å². The van der Waals surface area contributed by atoms with Crippen LogP contribution in [-0.2, 0) is 4.74 Å². The first-order valence-electron chi connectivity index (χ1n) is 11.1. The Bertz CT molecular complexity index is 948. The molecule has 0 unspecified atom stereocenters. The maximum absolute atomic E-state index is 11.5. The lowest BCUT2D eigenvalue weighted by atomic mass is 9.60. The summed E-state index contributed by atoms with van der Waals surface area (Å²) in [5.74, 6) is 2.89. The van der Waals surface area contributed by atoms with E-state index in [-0.39, 0.29) is 18.1 Å². The van der Waals surface area contributed by atoms with Crippen molar-refractivity contribution in [3.05, 3.63) is 22.8 Å². The molecule has 4 rings (SSSR count). The average Bonchev–Trinajstić information content (AvgIpc) is 3.05. The molecule has 1 aliphatic heterocycles. The molecular formula is C23H33N5O3. The van der Waals surface area contributed by atoms with E-state index in [2.05, 4.69) is 36.1 Å². The smallest absolute Gasteiger partial charge is 0.407 e. The minimum atomic E-state index is -0.332. The van der Waals surface area contributed by atoms with Crippen molar-refractivity contribution in [2.45, 2.75) is 72.3 Å². The van der Waals surface area contributed by atoms with Crippen LogP contribution < -0.4 is 10.2 Å². The Labute approximate surface area is 183 Å². The highest BCUT2D eigenvalue weighted by Crippen LogP contribution is 2.50. The second kappa shape index (κ2) is 8.13. The SMILES string of the molecule is COC(=O)NC1CC2(CCN(c3nc(C(C)C)nc(-c4c(C)noc4C)c3C)CC2)C1. The quantitative estimate of drug-likeness (QED) is 0.778. The van der Waals surface area contributed by atoms with E-state index in [1.165, 1.54) is 7.11 Å². The summed E-state index contributed by atoms with van der Waals surface area (Å²) >= 11 is 0. The fourth-order valence-corrected chi connectivity index (χ4v) is 5.07. The van der Waals surface area contributed by atoms with Gasteiger partial charge in [0.15, 0.2) is 0 Å². The maximum Gasteiger partial charge on any atom is 0.407 e. The van der Waals surface area contributed by atoms with Crippen LogP contribution in [0.4, 0.5) is 10.6 Å². The van der Waals surface area contributed by atoms with E-state index in [1.54, 1.807) is 0 Å². The number of carbonyl (C=O) groups excluding carboxylic acids is 1. The first kappa shape index (κ1) is 21.6. The number of nitrogens with one attached hydrogen (secondary N) is 1. The Hall–Kier alpha value is -2.64. The van der Waals surface area contributed by atoms with Gasteiger partial charge in [0.2, 0.25) is 0 Å². The number of rotatable bonds is 4. The van der Waals surface area contributed by atoms with Crippen molar-refractivity contribution in [3.63, 3.8) is 0 Å². The van der Waals surface area contributed by atoms with Crippen molar-refractivity contribution in [1.29, 1.82) is 0 Å². The zero-order valence-electron chi connectivity index (χ0n) is 19.4. The van der Waals surface area contributed by atoms with Gasteiger partial charge < -0.3 is 19.5 Å². The van der Waals surface area contributed by atoms with Crippen molar-refractivity contribution in [3.8, 4) is 11.3 Å². The zero-order valence-corrected chi connectivity index (χ0v) is 19.4. The van der Waals surface area contributed by atoms with E-state index in [9.17, 15) is 4.79 Å². The number of hydrogen-bond acceptors (Lipinski definition) is 7. The Morgan fingerprint density at radius 3 is 2.42 bits per heavy atom. The highest BCUT2D eigenvalue weighted by Gasteiger charge is 2.46. The summed E-state index contributed by atoms with van der Waals surface area (Å²) in [6, 6.07) is 0.235. The molecule has 2 aliphatic rings. The van der Waals surface area contributed by atoms with Gasteiger partial charge in [0, 0.05) is 30.6 Å². The molecule has 1 spiro atoms. The molecule has 0 atom stereocenters. The summed E-state index contributed by atoms with van der Waals surface area (Å²) in [6.07, 6.45) is 3.93. The number of amides is 1. The zero-order chi connectivity index (χ0) is 22.3. The first-order chi connectivity index (χ1) is 14.7. The van der Waals surface area contributed by atoms with Crippen molar-refractivity contribution in [1.82, 2.24) is 20.4 Å². The second-order valence-corrected chi connectivity index (χ2v) is 9.46. The summed E-state index contributed by atoms with van der Waals surface area (Å²) < 4.78 is 10.1. The molecule has 1 aliphatic carbocycles. The number of nitrogens with zero attached hydrogens (tertiary/aromatic N) is 4. The fraction of sp³-hybridized carbons (Fsp3) is 0.652. The molecule has 8 nitrogen and oxygen atoms in total. The topological polar surface area (TPSA) is 93.4 Å². The number of aromatic nitrogens is 3. The van der Waals surface area contributed by atoms with Gasteiger partial charge in [0.05, 0.1) is 24.1 Å². The van der Waals surface area contributed by atoms with Gasteiger partial charge in [-0.1, -0.05) is 19.0 Å². The van der Waals surface area contributed by atoms with Crippen LogP contribution in [0.3, 0.4) is 0 Å². The number of alkyl carbamates (subject to hydrolysis) is 1. The molecule has 2 aromatic heterocycles. The van der Waals surface area contributed by atoms with Crippen LogP contribution in [0, 0.1) is 26.2 Å². The van der Waals surface area contributed by atoms with Gasteiger partial charge in [-0.2, -0.15) is 0 Å². The predicted molar refractivity (Wildman–Crippen MR) is 118 cm³/mol. The normalized spacial score (nSPS) is 18.4. The molecule has 0 bridgehead atoms. The van der Waals surface area contributed by atoms with Gasteiger partial charge in [-0.05, 0) is 51.9 Å². The van der Waals surface area contributed by atoms with Crippen molar-refractivity contribution in [2.75, 3.05) is 25.1 Å². The van der Waals surface area contributed by atoms with Gasteiger partial charge in [0.1, 0.15) is 17.4 Å². The third kappa shape index (κ3) is 4.00. The molecule has 1 saturated heterocycles. The molecule has 1 saturated carbocycles. The van der Waals surface area contributed by atoms with E-state index in [1.807, 2.05) is 13.8 Å². The minimum Gasteiger partial charge on any atom is -0.453 e. The Morgan fingerprint density at radius 2 is 1.87 bits per heavy atom. The average molecular weight is 428 g/mol. The lowest BCUT2D eigenvalue weighted by Crippen LogP contribution is -2.55. The first-order valence-corrected chi connectivity index (χ1v) is 11.1. The lowest BCUT2D eigenvalue weighted by molar-refractivity contribution is 0.0507. The molecule has 1 N–H and O–H groups in total. The Balaban J connectivity index is 1.55.